The monoisotopic (exact) mass is 544 g/mol. The predicted octanol–water partition coefficient (Wildman–Crippen LogP) is 2.45. The van der Waals surface area contributed by atoms with Crippen LogP contribution in [0.4, 0.5) is 0 Å². The molecule has 2 aliphatic rings. The van der Waals surface area contributed by atoms with Gasteiger partial charge in [-0.05, 0) is 18.9 Å². The highest BCUT2D eigenvalue weighted by Crippen LogP contribution is 2.24. The first-order valence-electron chi connectivity index (χ1n) is 11.1. The number of methoxy groups -OCH3 is 1. The molecule has 1 atom stereocenters. The first-order valence-corrected chi connectivity index (χ1v) is 11.1. The highest BCUT2D eigenvalue weighted by molar-refractivity contribution is 14.0. The van der Waals surface area contributed by atoms with Gasteiger partial charge >= 0.3 is 0 Å². The van der Waals surface area contributed by atoms with Crippen LogP contribution in [0.15, 0.2) is 35.3 Å². The van der Waals surface area contributed by atoms with Crippen molar-refractivity contribution in [1.82, 2.24) is 15.5 Å². The van der Waals surface area contributed by atoms with E-state index in [9.17, 15) is 4.79 Å². The first-order chi connectivity index (χ1) is 14.6. The number of guanidine groups is 1. The molecule has 7 nitrogen and oxygen atoms in total. The van der Waals surface area contributed by atoms with Gasteiger partial charge in [0.1, 0.15) is 0 Å². The van der Waals surface area contributed by atoms with Gasteiger partial charge in [0.2, 0.25) is 5.91 Å². The average molecular weight is 544 g/mol. The van der Waals surface area contributed by atoms with Crippen molar-refractivity contribution >= 4 is 35.8 Å². The Morgan fingerprint density at radius 1 is 1.26 bits per heavy atom. The van der Waals surface area contributed by atoms with Gasteiger partial charge in [-0.1, -0.05) is 30.3 Å². The molecule has 2 saturated heterocycles. The van der Waals surface area contributed by atoms with Gasteiger partial charge in [-0.3, -0.25) is 9.79 Å². The lowest BCUT2D eigenvalue weighted by molar-refractivity contribution is -0.127. The molecular weight excluding hydrogens is 507 g/mol. The summed E-state index contributed by atoms with van der Waals surface area (Å²) in [5.74, 6) is 1.34. The second-order valence-electron chi connectivity index (χ2n) is 8.22. The number of nitrogens with one attached hydrogen (secondary N) is 2. The van der Waals surface area contributed by atoms with Gasteiger partial charge in [-0.15, -0.1) is 24.0 Å². The Hall–Kier alpha value is -1.39. The number of ether oxygens (including phenoxy) is 2. The number of rotatable bonds is 9. The molecule has 2 aliphatic heterocycles. The van der Waals surface area contributed by atoms with Crippen LogP contribution in [0.2, 0.25) is 0 Å². The van der Waals surface area contributed by atoms with Crippen molar-refractivity contribution in [1.29, 1.82) is 0 Å². The first kappa shape index (κ1) is 25.9. The number of carbonyl (C=O) groups is 1. The van der Waals surface area contributed by atoms with E-state index in [0.717, 1.165) is 64.6 Å². The molecule has 0 saturated carbocycles. The zero-order valence-electron chi connectivity index (χ0n) is 18.8. The fourth-order valence-electron chi connectivity index (χ4n) is 4.09. The minimum Gasteiger partial charge on any atom is -0.381 e. The maximum Gasteiger partial charge on any atom is 0.223 e. The summed E-state index contributed by atoms with van der Waals surface area (Å²) in [6.45, 7) is 7.22. The molecule has 0 bridgehead atoms. The van der Waals surface area contributed by atoms with E-state index in [1.54, 1.807) is 7.11 Å². The summed E-state index contributed by atoms with van der Waals surface area (Å²) < 4.78 is 11.3. The maximum absolute atomic E-state index is 12.4. The number of hydrogen-bond donors (Lipinski definition) is 2. The highest BCUT2D eigenvalue weighted by atomic mass is 127. The average Bonchev–Trinajstić information content (AvgIpc) is 3.15. The van der Waals surface area contributed by atoms with Crippen molar-refractivity contribution in [2.75, 3.05) is 53.0 Å². The quantitative estimate of drug-likeness (QED) is 0.284. The van der Waals surface area contributed by atoms with Crippen LogP contribution in [0.5, 0.6) is 0 Å². The number of carbonyl (C=O) groups excluding carboxylic acids is 1. The molecule has 1 unspecified atom stereocenters. The van der Waals surface area contributed by atoms with Gasteiger partial charge in [-0.2, -0.15) is 0 Å². The molecule has 31 heavy (non-hydrogen) atoms. The number of halogens is 1. The molecule has 174 valence electrons. The largest absolute Gasteiger partial charge is 0.381 e. The number of benzene rings is 1. The molecule has 0 radical (unpaired) electrons. The van der Waals surface area contributed by atoms with Gasteiger partial charge < -0.3 is 25.0 Å². The lowest BCUT2D eigenvalue weighted by Gasteiger charge is -2.34. The molecule has 0 spiro atoms. The Kier molecular flexibility index (Phi) is 11.0. The summed E-state index contributed by atoms with van der Waals surface area (Å²) in [5.41, 5.74) is 1.03. The third-order valence-electron chi connectivity index (χ3n) is 6.07. The fraction of sp³-hybridized carbons (Fsp3) is 0.652. The summed E-state index contributed by atoms with van der Waals surface area (Å²) >= 11 is 0. The fourth-order valence-corrected chi connectivity index (χ4v) is 4.09. The van der Waals surface area contributed by atoms with Crippen molar-refractivity contribution in [3.8, 4) is 0 Å². The molecular formula is C23H37IN4O3. The van der Waals surface area contributed by atoms with Crippen LogP contribution in [0, 0.1) is 5.92 Å². The van der Waals surface area contributed by atoms with Crippen LogP contribution in [0.3, 0.4) is 0 Å². The van der Waals surface area contributed by atoms with E-state index in [1.807, 2.05) is 23.1 Å². The second-order valence-corrected chi connectivity index (χ2v) is 8.22. The molecule has 2 heterocycles. The van der Waals surface area contributed by atoms with Crippen molar-refractivity contribution in [3.05, 3.63) is 35.9 Å². The molecule has 1 aromatic rings. The van der Waals surface area contributed by atoms with E-state index in [0.29, 0.717) is 18.9 Å². The standard InChI is InChI=1S/C23H36N4O3.HI/c1-3-24-22(26-18-23(29-2)10-13-30-14-11-23)25-16-20-15-21(28)27(17-20)12-9-19-7-5-4-6-8-19;/h4-8,20H,3,9-18H2,1-2H3,(H2,24,25,26);1H. The van der Waals surface area contributed by atoms with E-state index in [1.165, 1.54) is 5.56 Å². The van der Waals surface area contributed by atoms with E-state index in [4.69, 9.17) is 14.5 Å². The van der Waals surface area contributed by atoms with E-state index < -0.39 is 0 Å². The van der Waals surface area contributed by atoms with Crippen molar-refractivity contribution in [3.63, 3.8) is 0 Å². The van der Waals surface area contributed by atoms with Gasteiger partial charge in [0.05, 0.1) is 12.1 Å². The second kappa shape index (κ2) is 13.2. The van der Waals surface area contributed by atoms with Crippen molar-refractivity contribution in [2.45, 2.75) is 38.2 Å². The molecule has 0 aromatic heterocycles. The van der Waals surface area contributed by atoms with Crippen LogP contribution >= 0.6 is 24.0 Å². The Morgan fingerprint density at radius 2 is 2.00 bits per heavy atom. The Bertz CT molecular complexity index is 695. The topological polar surface area (TPSA) is 75.2 Å². The summed E-state index contributed by atoms with van der Waals surface area (Å²) in [6.07, 6.45) is 3.22. The number of amides is 1. The minimum atomic E-state index is -0.238. The van der Waals surface area contributed by atoms with Gasteiger partial charge in [-0.25, -0.2) is 0 Å². The molecule has 2 fully saturated rings. The van der Waals surface area contributed by atoms with Crippen LogP contribution < -0.4 is 10.6 Å². The zero-order valence-corrected chi connectivity index (χ0v) is 21.1. The van der Waals surface area contributed by atoms with Crippen LogP contribution in [0.1, 0.15) is 31.7 Å². The van der Waals surface area contributed by atoms with Crippen LogP contribution in [0.25, 0.3) is 0 Å². The summed E-state index contributed by atoms with van der Waals surface area (Å²) in [7, 11) is 1.76. The van der Waals surface area contributed by atoms with Crippen LogP contribution in [-0.2, 0) is 20.7 Å². The van der Waals surface area contributed by atoms with Gasteiger partial charge in [0.25, 0.3) is 0 Å². The third kappa shape index (κ3) is 7.91. The highest BCUT2D eigenvalue weighted by Gasteiger charge is 2.33. The van der Waals surface area contributed by atoms with Crippen molar-refractivity contribution < 1.29 is 14.3 Å². The summed E-state index contributed by atoms with van der Waals surface area (Å²) in [5, 5.41) is 6.74. The smallest absolute Gasteiger partial charge is 0.223 e. The molecule has 0 aliphatic carbocycles. The number of likely N-dealkylation sites (tertiary alicyclic amines) is 1. The van der Waals surface area contributed by atoms with E-state index in [2.05, 4.69) is 29.7 Å². The molecule has 1 aromatic carbocycles. The summed E-state index contributed by atoms with van der Waals surface area (Å²) in [4.78, 5) is 19.2. The Labute approximate surface area is 203 Å². The molecule has 2 N–H and O–H groups in total. The normalized spacial score (nSPS) is 21.0. The lowest BCUT2D eigenvalue weighted by atomic mass is 9.94. The SMILES string of the molecule is CCNC(=NCC1(OC)CCOCC1)NCC1CC(=O)N(CCc2ccccc2)C1.I. The number of aliphatic imine (C=N–C) groups is 1. The van der Waals surface area contributed by atoms with E-state index in [-0.39, 0.29) is 35.5 Å². The third-order valence-corrected chi connectivity index (χ3v) is 6.07. The molecule has 3 rings (SSSR count). The Morgan fingerprint density at radius 3 is 2.68 bits per heavy atom. The Balaban J connectivity index is 0.00000341. The molecule has 8 heteroatoms. The maximum atomic E-state index is 12.4. The van der Waals surface area contributed by atoms with Gasteiger partial charge in [0, 0.05) is 71.7 Å². The van der Waals surface area contributed by atoms with E-state index >= 15 is 0 Å². The summed E-state index contributed by atoms with van der Waals surface area (Å²) in [6, 6.07) is 10.3. The minimum absolute atomic E-state index is 0. The predicted molar refractivity (Wildman–Crippen MR) is 134 cm³/mol. The van der Waals surface area contributed by atoms with Crippen LogP contribution in [-0.4, -0.2) is 75.4 Å². The van der Waals surface area contributed by atoms with Crippen molar-refractivity contribution in [2.24, 2.45) is 10.9 Å². The van der Waals surface area contributed by atoms with Gasteiger partial charge in [0.15, 0.2) is 5.96 Å². The number of hydrogen-bond acceptors (Lipinski definition) is 4. The lowest BCUT2D eigenvalue weighted by Crippen LogP contribution is -2.44. The number of nitrogens with zero attached hydrogens (tertiary/aromatic N) is 2. The molecule has 1 amide bonds. The zero-order chi connectivity index (χ0) is 21.2.